The van der Waals surface area contributed by atoms with E-state index in [-0.39, 0.29) is 24.2 Å². The van der Waals surface area contributed by atoms with Gasteiger partial charge in [-0.3, -0.25) is 9.59 Å². The number of thioether (sulfide) groups is 1. The summed E-state index contributed by atoms with van der Waals surface area (Å²) < 4.78 is 0. The van der Waals surface area contributed by atoms with Crippen molar-refractivity contribution in [2.24, 2.45) is 5.92 Å². The van der Waals surface area contributed by atoms with E-state index in [2.05, 4.69) is 5.32 Å². The molecule has 1 aromatic rings. The zero-order valence-corrected chi connectivity index (χ0v) is 15.4. The zero-order chi connectivity index (χ0) is 18.5. The van der Waals surface area contributed by atoms with E-state index in [4.69, 9.17) is 0 Å². The standard InChI is InChI=1S/C19H24N2O4S/c22-17(20-15(19(24)25)10-13-6-2-1-3-7-13)16-11-26-12-21(16)18(23)14-8-4-5-9-14/h1-3,6-7,14-16H,4-5,8-12H2,(H,20,22)(H,24,25). The van der Waals surface area contributed by atoms with Gasteiger partial charge in [0, 0.05) is 18.1 Å². The van der Waals surface area contributed by atoms with E-state index in [0.717, 1.165) is 31.2 Å². The number of hydrogen-bond donors (Lipinski definition) is 2. The summed E-state index contributed by atoms with van der Waals surface area (Å²) in [7, 11) is 0. The predicted octanol–water partition coefficient (Wildman–Crippen LogP) is 1.89. The summed E-state index contributed by atoms with van der Waals surface area (Å²) in [5.41, 5.74) is 0.847. The lowest BCUT2D eigenvalue weighted by Crippen LogP contribution is -2.53. The van der Waals surface area contributed by atoms with Crippen LogP contribution in [0.5, 0.6) is 0 Å². The van der Waals surface area contributed by atoms with Crippen molar-refractivity contribution in [3.63, 3.8) is 0 Å². The molecule has 2 unspecified atom stereocenters. The van der Waals surface area contributed by atoms with Gasteiger partial charge in [0.1, 0.15) is 12.1 Å². The van der Waals surface area contributed by atoms with Crippen LogP contribution in [-0.2, 0) is 20.8 Å². The minimum atomic E-state index is -1.07. The van der Waals surface area contributed by atoms with Crippen molar-refractivity contribution in [1.29, 1.82) is 0 Å². The number of benzene rings is 1. The first-order chi connectivity index (χ1) is 12.6. The Kier molecular flexibility index (Phi) is 6.19. The number of rotatable bonds is 6. The van der Waals surface area contributed by atoms with Crippen molar-refractivity contribution in [2.45, 2.75) is 44.2 Å². The fourth-order valence-electron chi connectivity index (χ4n) is 3.60. The van der Waals surface area contributed by atoms with Crippen molar-refractivity contribution in [2.75, 3.05) is 11.6 Å². The molecule has 2 N–H and O–H groups in total. The number of aliphatic carboxylic acids is 1. The first-order valence-corrected chi connectivity index (χ1v) is 10.2. The molecule has 1 saturated carbocycles. The zero-order valence-electron chi connectivity index (χ0n) is 14.6. The van der Waals surface area contributed by atoms with Crippen LogP contribution in [0, 0.1) is 5.92 Å². The molecule has 6 nitrogen and oxygen atoms in total. The molecule has 1 saturated heterocycles. The number of amides is 2. The summed E-state index contributed by atoms with van der Waals surface area (Å²) in [6.45, 7) is 0. The summed E-state index contributed by atoms with van der Waals surface area (Å²) in [5.74, 6) is -0.358. The van der Waals surface area contributed by atoms with Gasteiger partial charge in [0.2, 0.25) is 11.8 Å². The molecule has 7 heteroatoms. The molecule has 0 spiro atoms. The predicted molar refractivity (Wildman–Crippen MR) is 99.6 cm³/mol. The lowest BCUT2D eigenvalue weighted by atomic mass is 10.0. The van der Waals surface area contributed by atoms with Crippen LogP contribution >= 0.6 is 11.8 Å². The van der Waals surface area contributed by atoms with Crippen molar-refractivity contribution in [3.8, 4) is 0 Å². The third-order valence-electron chi connectivity index (χ3n) is 5.07. The number of carbonyl (C=O) groups excluding carboxylic acids is 2. The topological polar surface area (TPSA) is 86.7 Å². The van der Waals surface area contributed by atoms with E-state index >= 15 is 0 Å². The SMILES string of the molecule is O=C(O)C(Cc1ccccc1)NC(=O)C1CSCN1C(=O)C1CCCC1. The van der Waals surface area contributed by atoms with Crippen LogP contribution in [0.1, 0.15) is 31.2 Å². The molecule has 2 amide bonds. The Labute approximate surface area is 157 Å². The Balaban J connectivity index is 1.64. The Morgan fingerprint density at radius 1 is 1.19 bits per heavy atom. The summed E-state index contributed by atoms with van der Waals surface area (Å²) in [6, 6.07) is 7.63. The lowest BCUT2D eigenvalue weighted by Gasteiger charge is -2.27. The molecule has 2 aliphatic rings. The molecule has 0 radical (unpaired) electrons. The van der Waals surface area contributed by atoms with Gasteiger partial charge in [0.15, 0.2) is 0 Å². The van der Waals surface area contributed by atoms with Gasteiger partial charge in [-0.25, -0.2) is 4.79 Å². The van der Waals surface area contributed by atoms with E-state index in [1.54, 1.807) is 16.7 Å². The maximum atomic E-state index is 12.7. The Morgan fingerprint density at radius 2 is 1.88 bits per heavy atom. The average molecular weight is 376 g/mol. The second kappa shape index (κ2) is 8.58. The molecule has 2 atom stereocenters. The lowest BCUT2D eigenvalue weighted by molar-refractivity contribution is -0.144. The quantitative estimate of drug-likeness (QED) is 0.792. The summed E-state index contributed by atoms with van der Waals surface area (Å²) in [4.78, 5) is 38.6. The van der Waals surface area contributed by atoms with Gasteiger partial charge in [0.05, 0.1) is 5.88 Å². The van der Waals surface area contributed by atoms with Gasteiger partial charge in [-0.2, -0.15) is 0 Å². The highest BCUT2D eigenvalue weighted by molar-refractivity contribution is 7.99. The van der Waals surface area contributed by atoms with Crippen LogP contribution in [0.25, 0.3) is 0 Å². The second-order valence-electron chi connectivity index (χ2n) is 6.89. The van der Waals surface area contributed by atoms with Gasteiger partial charge in [-0.15, -0.1) is 11.8 Å². The molecule has 26 heavy (non-hydrogen) atoms. The van der Waals surface area contributed by atoms with Crippen LogP contribution in [-0.4, -0.2) is 51.5 Å². The van der Waals surface area contributed by atoms with E-state index in [1.807, 2.05) is 30.3 Å². The molecular weight excluding hydrogens is 352 g/mol. The normalized spacial score (nSPS) is 21.5. The molecule has 1 aliphatic carbocycles. The number of nitrogens with one attached hydrogen (secondary N) is 1. The van der Waals surface area contributed by atoms with Crippen molar-refractivity contribution in [1.82, 2.24) is 10.2 Å². The van der Waals surface area contributed by atoms with Gasteiger partial charge >= 0.3 is 5.97 Å². The van der Waals surface area contributed by atoms with E-state index in [9.17, 15) is 19.5 Å². The highest BCUT2D eigenvalue weighted by Crippen LogP contribution is 2.30. The Hall–Kier alpha value is -2.02. The largest absolute Gasteiger partial charge is 0.480 e. The van der Waals surface area contributed by atoms with Gasteiger partial charge in [0.25, 0.3) is 0 Å². The minimum Gasteiger partial charge on any atom is -0.480 e. The molecule has 1 heterocycles. The minimum absolute atomic E-state index is 0.0172. The number of nitrogens with zero attached hydrogens (tertiary/aromatic N) is 1. The first-order valence-electron chi connectivity index (χ1n) is 9.01. The number of carbonyl (C=O) groups is 3. The Morgan fingerprint density at radius 3 is 2.54 bits per heavy atom. The number of carboxylic acids is 1. The van der Waals surface area contributed by atoms with E-state index < -0.39 is 18.1 Å². The molecule has 1 aliphatic heterocycles. The van der Waals surface area contributed by atoms with Crippen molar-refractivity contribution < 1.29 is 19.5 Å². The molecule has 3 rings (SSSR count). The van der Waals surface area contributed by atoms with E-state index in [1.165, 1.54) is 0 Å². The third kappa shape index (κ3) is 4.38. The fourth-order valence-corrected chi connectivity index (χ4v) is 4.77. The van der Waals surface area contributed by atoms with Crippen molar-refractivity contribution in [3.05, 3.63) is 35.9 Å². The fraction of sp³-hybridized carbons (Fsp3) is 0.526. The summed E-state index contributed by atoms with van der Waals surface area (Å²) >= 11 is 1.54. The van der Waals surface area contributed by atoms with Gasteiger partial charge < -0.3 is 15.3 Å². The molecule has 1 aromatic carbocycles. The van der Waals surface area contributed by atoms with Crippen LogP contribution in [0.15, 0.2) is 30.3 Å². The highest BCUT2D eigenvalue weighted by atomic mass is 32.2. The third-order valence-corrected chi connectivity index (χ3v) is 6.08. The van der Waals surface area contributed by atoms with Gasteiger partial charge in [-0.1, -0.05) is 43.2 Å². The monoisotopic (exact) mass is 376 g/mol. The number of carboxylic acid groups (broad SMARTS) is 1. The van der Waals surface area contributed by atoms with Gasteiger partial charge in [-0.05, 0) is 18.4 Å². The smallest absolute Gasteiger partial charge is 0.326 e. The van der Waals surface area contributed by atoms with Crippen LogP contribution in [0.3, 0.4) is 0 Å². The van der Waals surface area contributed by atoms with Crippen LogP contribution < -0.4 is 5.32 Å². The highest BCUT2D eigenvalue weighted by Gasteiger charge is 2.39. The maximum Gasteiger partial charge on any atom is 0.326 e. The first kappa shape index (κ1) is 18.8. The van der Waals surface area contributed by atoms with Crippen molar-refractivity contribution >= 4 is 29.5 Å². The second-order valence-corrected chi connectivity index (χ2v) is 7.89. The average Bonchev–Trinajstić information content (AvgIpc) is 3.33. The summed E-state index contributed by atoms with van der Waals surface area (Å²) in [5, 5.41) is 12.1. The number of hydrogen-bond acceptors (Lipinski definition) is 4. The molecular formula is C19H24N2O4S. The maximum absolute atomic E-state index is 12.7. The summed E-state index contributed by atoms with van der Waals surface area (Å²) in [6.07, 6.45) is 4.12. The molecule has 0 aromatic heterocycles. The van der Waals surface area contributed by atoms with E-state index in [0.29, 0.717) is 11.6 Å². The molecule has 2 fully saturated rings. The Bertz CT molecular complexity index is 661. The van der Waals surface area contributed by atoms with Crippen LogP contribution in [0.4, 0.5) is 0 Å². The molecule has 0 bridgehead atoms. The molecule has 140 valence electrons. The van der Waals surface area contributed by atoms with Crippen LogP contribution in [0.2, 0.25) is 0 Å².